The molecule has 12 heteroatoms. The second-order valence-electron chi connectivity index (χ2n) is 8.86. The third kappa shape index (κ3) is 8.05. The smallest absolute Gasteiger partial charge is 0.269 e. The van der Waals surface area contributed by atoms with Gasteiger partial charge in [-0.3, -0.25) is 14.6 Å². The number of amides is 2. The summed E-state index contributed by atoms with van der Waals surface area (Å²) in [7, 11) is -0.184. The van der Waals surface area contributed by atoms with Gasteiger partial charge in [0.1, 0.15) is 12.3 Å². The van der Waals surface area contributed by atoms with Crippen LogP contribution in [0.2, 0.25) is 0 Å². The minimum absolute atomic E-state index is 0.124. The second-order valence-corrected chi connectivity index (χ2v) is 10.8. The number of nitrogens with two attached hydrogens (primary N) is 1. The number of rotatable bonds is 11. The van der Waals surface area contributed by atoms with Gasteiger partial charge in [0, 0.05) is 57.1 Å². The average Bonchev–Trinajstić information content (AvgIpc) is 3.73. The number of hydrogen-bond donors (Lipinski definition) is 2. The van der Waals surface area contributed by atoms with Crippen molar-refractivity contribution in [2.75, 3.05) is 53.2 Å². The van der Waals surface area contributed by atoms with E-state index in [1.54, 1.807) is 36.2 Å². The maximum Gasteiger partial charge on any atom is 0.269 e. The maximum absolute atomic E-state index is 12.6. The number of benzene rings is 1. The summed E-state index contributed by atoms with van der Waals surface area (Å²) in [5.41, 5.74) is 7.67. The van der Waals surface area contributed by atoms with Gasteiger partial charge in [-0.2, -0.15) is 4.31 Å². The van der Waals surface area contributed by atoms with Gasteiger partial charge in [-0.1, -0.05) is 12.1 Å². The van der Waals surface area contributed by atoms with E-state index in [4.69, 9.17) is 15.2 Å². The Bertz CT molecular complexity index is 1180. The molecule has 1 aromatic rings. The summed E-state index contributed by atoms with van der Waals surface area (Å²) in [6, 6.07) is 5.34. The molecule has 1 aliphatic carbocycles. The number of nitrogens with zero attached hydrogens (tertiary/aromatic N) is 3. The molecule has 1 saturated carbocycles. The van der Waals surface area contributed by atoms with Crippen LogP contribution >= 0.6 is 0 Å². The Labute approximate surface area is 218 Å². The molecule has 3 rings (SSSR count). The molecule has 1 aliphatic heterocycles. The molecular formula is C25H35N5O6S. The van der Waals surface area contributed by atoms with Crippen LogP contribution in [-0.2, 0) is 26.2 Å². The number of carbonyl (C=O) groups excluding carboxylic acids is 2. The van der Waals surface area contributed by atoms with Crippen LogP contribution in [0, 0.1) is 5.92 Å². The number of nitrogens with one attached hydrogen (secondary N) is 1. The fourth-order valence-corrected chi connectivity index (χ4v) is 4.69. The van der Waals surface area contributed by atoms with E-state index < -0.39 is 10.0 Å². The molecule has 2 aliphatic rings. The Morgan fingerprint density at radius 2 is 1.92 bits per heavy atom. The summed E-state index contributed by atoms with van der Waals surface area (Å²) >= 11 is 0. The highest BCUT2D eigenvalue weighted by Crippen LogP contribution is 2.33. The van der Waals surface area contributed by atoms with Crippen molar-refractivity contribution in [3.8, 4) is 11.5 Å². The topological polar surface area (TPSA) is 144 Å². The quantitative estimate of drug-likeness (QED) is 0.314. The number of carbonyl (C=O) groups is 2. The maximum atomic E-state index is 12.6. The summed E-state index contributed by atoms with van der Waals surface area (Å²) in [5, 5.41) is 2.84. The van der Waals surface area contributed by atoms with Gasteiger partial charge in [-0.25, -0.2) is 8.42 Å². The van der Waals surface area contributed by atoms with E-state index in [1.807, 2.05) is 6.07 Å². The van der Waals surface area contributed by atoms with Crippen LogP contribution in [0.5, 0.6) is 11.5 Å². The lowest BCUT2D eigenvalue weighted by molar-refractivity contribution is -0.127. The zero-order valence-corrected chi connectivity index (χ0v) is 22.3. The van der Waals surface area contributed by atoms with Gasteiger partial charge in [0.2, 0.25) is 15.9 Å². The Hall–Kier alpha value is -3.38. The largest absolute Gasteiger partial charge is 0.493 e. The zero-order chi connectivity index (χ0) is 27.0. The summed E-state index contributed by atoms with van der Waals surface area (Å²) in [4.78, 5) is 30.6. The minimum atomic E-state index is -3.25. The van der Waals surface area contributed by atoms with Crippen molar-refractivity contribution in [3.05, 3.63) is 47.7 Å². The lowest BCUT2D eigenvalue weighted by Crippen LogP contribution is -2.49. The number of aliphatic imine (C=N–C) groups is 1. The van der Waals surface area contributed by atoms with Crippen molar-refractivity contribution in [2.24, 2.45) is 16.6 Å². The first-order valence-corrected chi connectivity index (χ1v) is 13.9. The standard InChI is InChI=1S/C25H35N5O6S/c1-27-21(16-20(26)18-9-10-18)25(32)28-17-19-6-4-7-22(24(19)35-2)36-15-5-8-23(31)29-11-13-30(14-12-29)37(3,33)34/h4-8,16,18H,9-15,17,26H2,1-3H3,(H,28,32)/b8-5+,20-16?,27-21?. The average molecular weight is 534 g/mol. The Morgan fingerprint density at radius 3 is 2.51 bits per heavy atom. The number of sulfonamides is 1. The molecule has 1 heterocycles. The van der Waals surface area contributed by atoms with Crippen molar-refractivity contribution < 1.29 is 27.5 Å². The van der Waals surface area contributed by atoms with Gasteiger partial charge in [0.05, 0.1) is 13.4 Å². The molecule has 0 bridgehead atoms. The van der Waals surface area contributed by atoms with Crippen molar-refractivity contribution in [1.29, 1.82) is 0 Å². The molecule has 2 amide bonds. The predicted molar refractivity (Wildman–Crippen MR) is 141 cm³/mol. The molecule has 0 aromatic heterocycles. The van der Waals surface area contributed by atoms with Gasteiger partial charge in [0.25, 0.3) is 5.91 Å². The van der Waals surface area contributed by atoms with Gasteiger partial charge in [0.15, 0.2) is 11.5 Å². The van der Waals surface area contributed by atoms with Gasteiger partial charge in [-0.15, -0.1) is 0 Å². The normalized spacial score (nSPS) is 17.6. The van der Waals surface area contributed by atoms with Crippen molar-refractivity contribution in [2.45, 2.75) is 19.4 Å². The van der Waals surface area contributed by atoms with Crippen LogP contribution in [0.25, 0.3) is 0 Å². The molecule has 11 nitrogen and oxygen atoms in total. The monoisotopic (exact) mass is 533 g/mol. The molecule has 37 heavy (non-hydrogen) atoms. The lowest BCUT2D eigenvalue weighted by Gasteiger charge is -2.32. The van der Waals surface area contributed by atoms with E-state index in [-0.39, 0.29) is 43.8 Å². The first kappa shape index (κ1) is 28.2. The second kappa shape index (κ2) is 12.7. The summed E-state index contributed by atoms with van der Waals surface area (Å²) in [5.74, 6) is 0.744. The molecule has 0 unspecified atom stereocenters. The number of para-hydroxylation sites is 1. The number of piperazine rings is 1. The SMILES string of the molecule is CN=C(C=C(N)C1CC1)C(=O)NCc1cccc(OC/C=C/C(=O)N2CCN(S(C)(=O)=O)CC2)c1OC. The number of methoxy groups -OCH3 is 1. The number of ether oxygens (including phenoxy) is 2. The third-order valence-electron chi connectivity index (χ3n) is 6.14. The minimum Gasteiger partial charge on any atom is -0.493 e. The van der Waals surface area contributed by atoms with Crippen molar-refractivity contribution >= 4 is 27.5 Å². The van der Waals surface area contributed by atoms with Crippen LogP contribution in [0.15, 0.2) is 47.1 Å². The first-order valence-electron chi connectivity index (χ1n) is 12.0. The Balaban J connectivity index is 1.52. The van der Waals surface area contributed by atoms with E-state index in [1.165, 1.54) is 23.7 Å². The third-order valence-corrected chi connectivity index (χ3v) is 7.45. The summed E-state index contributed by atoms with van der Waals surface area (Å²) in [6.07, 6.45) is 7.88. The van der Waals surface area contributed by atoms with Crippen LogP contribution in [0.4, 0.5) is 0 Å². The molecule has 0 spiro atoms. The van der Waals surface area contributed by atoms with Gasteiger partial charge >= 0.3 is 0 Å². The van der Waals surface area contributed by atoms with E-state index in [2.05, 4.69) is 10.3 Å². The lowest BCUT2D eigenvalue weighted by atomic mass is 10.1. The highest BCUT2D eigenvalue weighted by Gasteiger charge is 2.26. The molecule has 1 saturated heterocycles. The number of hydrogen-bond acceptors (Lipinski definition) is 8. The van der Waals surface area contributed by atoms with E-state index in [9.17, 15) is 18.0 Å². The van der Waals surface area contributed by atoms with Gasteiger partial charge in [-0.05, 0) is 37.0 Å². The van der Waals surface area contributed by atoms with E-state index in [0.29, 0.717) is 41.8 Å². The van der Waals surface area contributed by atoms with E-state index >= 15 is 0 Å². The summed E-state index contributed by atoms with van der Waals surface area (Å²) in [6.45, 7) is 1.57. The van der Waals surface area contributed by atoms with Crippen LogP contribution in [0.3, 0.4) is 0 Å². The fraction of sp³-hybridized carbons (Fsp3) is 0.480. The molecule has 202 valence electrons. The molecule has 0 atom stereocenters. The van der Waals surface area contributed by atoms with Crippen LogP contribution in [-0.4, -0.2) is 88.3 Å². The molecule has 3 N–H and O–H groups in total. The fourth-order valence-electron chi connectivity index (χ4n) is 3.87. The molecule has 2 fully saturated rings. The highest BCUT2D eigenvalue weighted by atomic mass is 32.2. The zero-order valence-electron chi connectivity index (χ0n) is 21.5. The predicted octanol–water partition coefficient (Wildman–Crippen LogP) is 0.674. The molecule has 0 radical (unpaired) electrons. The first-order chi connectivity index (χ1) is 17.6. The van der Waals surface area contributed by atoms with Crippen molar-refractivity contribution in [3.63, 3.8) is 0 Å². The van der Waals surface area contributed by atoms with Gasteiger partial charge < -0.3 is 25.4 Å². The van der Waals surface area contributed by atoms with E-state index in [0.717, 1.165) is 12.8 Å². The highest BCUT2D eigenvalue weighted by molar-refractivity contribution is 7.88. The molecular weight excluding hydrogens is 498 g/mol. The molecule has 1 aromatic carbocycles. The van der Waals surface area contributed by atoms with Crippen LogP contribution in [0.1, 0.15) is 18.4 Å². The Morgan fingerprint density at radius 1 is 1.22 bits per heavy atom. The number of allylic oxidation sites excluding steroid dienone is 1. The van der Waals surface area contributed by atoms with Crippen LogP contribution < -0.4 is 20.5 Å². The van der Waals surface area contributed by atoms with Crippen molar-refractivity contribution in [1.82, 2.24) is 14.5 Å². The summed E-state index contributed by atoms with van der Waals surface area (Å²) < 4.78 is 35.9. The Kier molecular flexibility index (Phi) is 9.70.